The largest absolute Gasteiger partial charge is 0.357 e. The number of nitrogens with zero attached hydrogens (tertiary/aromatic N) is 1. The maximum absolute atomic E-state index is 13.6. The Labute approximate surface area is 178 Å². The van der Waals surface area contributed by atoms with Crippen LogP contribution in [-0.2, 0) is 4.79 Å². The Morgan fingerprint density at radius 3 is 2.63 bits per heavy atom. The third-order valence-electron chi connectivity index (χ3n) is 4.09. The topological polar surface area (TPSA) is 65.5 Å². The number of anilines is 1. The second-order valence-corrected chi connectivity index (χ2v) is 7.12. The Morgan fingerprint density at radius 2 is 2.00 bits per heavy atom. The summed E-state index contributed by atoms with van der Waals surface area (Å²) in [7, 11) is 0. The van der Waals surface area contributed by atoms with Crippen LogP contribution in [0.3, 0.4) is 0 Å². The van der Waals surface area contributed by atoms with Gasteiger partial charge in [0.15, 0.2) is 23.4 Å². The molecule has 27 heavy (non-hydrogen) atoms. The van der Waals surface area contributed by atoms with E-state index in [0.29, 0.717) is 17.8 Å². The van der Waals surface area contributed by atoms with Crippen molar-refractivity contribution in [1.29, 1.82) is 0 Å². The second-order valence-electron chi connectivity index (χ2n) is 5.98. The maximum Gasteiger partial charge on any atom is 0.246 e. The number of halogens is 4. The number of hydrogen-bond donors (Lipinski definition) is 3. The van der Waals surface area contributed by atoms with Crippen molar-refractivity contribution in [2.24, 2.45) is 4.99 Å². The maximum atomic E-state index is 13.6. The van der Waals surface area contributed by atoms with Crippen LogP contribution in [0.4, 0.5) is 18.9 Å². The Morgan fingerprint density at radius 1 is 1.26 bits per heavy atom. The van der Waals surface area contributed by atoms with Gasteiger partial charge < -0.3 is 16.0 Å². The molecule has 2 unspecified atom stereocenters. The minimum Gasteiger partial charge on any atom is -0.357 e. The third kappa shape index (κ3) is 7.05. The summed E-state index contributed by atoms with van der Waals surface area (Å²) in [6.07, 6.45) is 5.28. The van der Waals surface area contributed by atoms with Gasteiger partial charge in [-0.3, -0.25) is 4.79 Å². The van der Waals surface area contributed by atoms with Crippen LogP contribution in [0.5, 0.6) is 0 Å². The van der Waals surface area contributed by atoms with Crippen molar-refractivity contribution in [1.82, 2.24) is 10.6 Å². The highest BCUT2D eigenvalue weighted by Crippen LogP contribution is 2.28. The van der Waals surface area contributed by atoms with Gasteiger partial charge in [-0.2, -0.15) is 11.8 Å². The highest BCUT2D eigenvalue weighted by Gasteiger charge is 2.24. The number of carbonyl (C=O) groups is 1. The number of aliphatic imine (C=N–C) groups is 1. The highest BCUT2D eigenvalue weighted by molar-refractivity contribution is 14.0. The van der Waals surface area contributed by atoms with Crippen LogP contribution >= 0.6 is 35.7 Å². The number of carbonyl (C=O) groups excluding carboxylic acids is 1. The third-order valence-corrected chi connectivity index (χ3v) is 5.19. The average molecular weight is 516 g/mol. The van der Waals surface area contributed by atoms with Gasteiger partial charge in [-0.25, -0.2) is 18.2 Å². The van der Waals surface area contributed by atoms with Gasteiger partial charge in [0, 0.05) is 17.8 Å². The van der Waals surface area contributed by atoms with Crippen molar-refractivity contribution >= 4 is 53.3 Å². The molecule has 5 nitrogen and oxygen atoms in total. The first-order valence-electron chi connectivity index (χ1n) is 8.45. The molecule has 2 rings (SSSR count). The lowest BCUT2D eigenvalue weighted by Gasteiger charge is -2.17. The van der Waals surface area contributed by atoms with Gasteiger partial charge in [0.2, 0.25) is 5.91 Å². The van der Waals surface area contributed by atoms with Gasteiger partial charge in [0.05, 0.1) is 5.69 Å². The molecular formula is C17H24F3IN4OS. The van der Waals surface area contributed by atoms with Crippen LogP contribution in [0.2, 0.25) is 0 Å². The minimum atomic E-state index is -1.62. The van der Waals surface area contributed by atoms with E-state index in [0.717, 1.165) is 31.4 Å². The number of benzene rings is 1. The summed E-state index contributed by atoms with van der Waals surface area (Å²) in [5, 5.41) is 9.17. The fourth-order valence-electron chi connectivity index (χ4n) is 2.76. The number of nitrogens with one attached hydrogen (secondary N) is 3. The van der Waals surface area contributed by atoms with Crippen molar-refractivity contribution in [2.75, 3.05) is 24.7 Å². The van der Waals surface area contributed by atoms with E-state index in [1.807, 2.05) is 18.7 Å². The zero-order valence-corrected chi connectivity index (χ0v) is 18.3. The van der Waals surface area contributed by atoms with Gasteiger partial charge in [0.25, 0.3) is 0 Å². The summed E-state index contributed by atoms with van der Waals surface area (Å²) >= 11 is 1.84. The molecule has 1 aliphatic rings. The lowest BCUT2D eigenvalue weighted by Crippen LogP contribution is -2.43. The molecule has 0 spiro atoms. The molecule has 1 fully saturated rings. The molecule has 10 heteroatoms. The van der Waals surface area contributed by atoms with E-state index >= 15 is 0 Å². The van der Waals surface area contributed by atoms with Crippen LogP contribution in [0, 0.1) is 17.5 Å². The summed E-state index contributed by atoms with van der Waals surface area (Å²) in [5.74, 6) is -4.48. The highest BCUT2D eigenvalue weighted by atomic mass is 127. The SMILES string of the molecule is CCNC(=NCC(=O)Nc1ccc(F)c(F)c1F)NC1CCC(SC)C1.I. The molecule has 152 valence electrons. The van der Waals surface area contributed by atoms with E-state index in [1.165, 1.54) is 0 Å². The zero-order chi connectivity index (χ0) is 19.1. The minimum absolute atomic E-state index is 0. The summed E-state index contributed by atoms with van der Waals surface area (Å²) in [6.45, 7) is 2.27. The fraction of sp³-hybridized carbons (Fsp3) is 0.529. The number of amides is 1. The molecule has 0 bridgehead atoms. The predicted octanol–water partition coefficient (Wildman–Crippen LogP) is 3.50. The zero-order valence-electron chi connectivity index (χ0n) is 15.2. The quantitative estimate of drug-likeness (QED) is 0.235. The van der Waals surface area contributed by atoms with Crippen LogP contribution in [0.25, 0.3) is 0 Å². The second kappa shape index (κ2) is 11.6. The smallest absolute Gasteiger partial charge is 0.246 e. The van der Waals surface area contributed by atoms with E-state index in [1.54, 1.807) is 0 Å². The Kier molecular flexibility index (Phi) is 10.3. The first-order valence-corrected chi connectivity index (χ1v) is 9.74. The lowest BCUT2D eigenvalue weighted by molar-refractivity contribution is -0.114. The number of rotatable bonds is 6. The number of thioether (sulfide) groups is 1. The average Bonchev–Trinajstić information content (AvgIpc) is 3.08. The lowest BCUT2D eigenvalue weighted by atomic mass is 10.2. The first-order chi connectivity index (χ1) is 12.4. The molecule has 0 aliphatic heterocycles. The van der Waals surface area contributed by atoms with E-state index in [9.17, 15) is 18.0 Å². The molecule has 1 saturated carbocycles. The molecule has 1 aromatic rings. The van der Waals surface area contributed by atoms with Gasteiger partial charge in [0.1, 0.15) is 6.54 Å². The van der Waals surface area contributed by atoms with Gasteiger partial charge in [-0.15, -0.1) is 24.0 Å². The molecule has 0 radical (unpaired) electrons. The normalized spacial score (nSPS) is 19.4. The number of hydrogen-bond acceptors (Lipinski definition) is 3. The van der Waals surface area contributed by atoms with Crippen LogP contribution in [0.1, 0.15) is 26.2 Å². The van der Waals surface area contributed by atoms with E-state index < -0.39 is 29.0 Å². The molecule has 2 atom stereocenters. The summed E-state index contributed by atoms with van der Waals surface area (Å²) < 4.78 is 39.7. The van der Waals surface area contributed by atoms with Crippen LogP contribution < -0.4 is 16.0 Å². The van der Waals surface area contributed by atoms with E-state index in [-0.39, 0.29) is 36.6 Å². The fourth-order valence-corrected chi connectivity index (χ4v) is 3.56. The van der Waals surface area contributed by atoms with Crippen molar-refractivity contribution in [3.63, 3.8) is 0 Å². The molecular weight excluding hydrogens is 492 g/mol. The Bertz CT molecular complexity index is 678. The molecule has 1 aromatic carbocycles. The standard InChI is InChI=1S/C17H23F3N4OS.HI/c1-3-21-17(23-10-4-5-11(8-10)26-2)22-9-14(25)24-13-7-6-12(18)15(19)16(13)20;/h6-7,10-11H,3-5,8-9H2,1-2H3,(H,24,25)(H2,21,22,23);1H. The van der Waals surface area contributed by atoms with E-state index in [4.69, 9.17) is 0 Å². The Hall–Kier alpha value is -1.17. The predicted molar refractivity (Wildman–Crippen MR) is 114 cm³/mol. The van der Waals surface area contributed by atoms with E-state index in [2.05, 4.69) is 27.2 Å². The van der Waals surface area contributed by atoms with Crippen LogP contribution in [-0.4, -0.2) is 42.5 Å². The molecule has 0 saturated heterocycles. The summed E-state index contributed by atoms with van der Waals surface area (Å²) in [4.78, 5) is 16.1. The van der Waals surface area contributed by atoms with Crippen molar-refractivity contribution < 1.29 is 18.0 Å². The molecule has 1 aliphatic carbocycles. The summed E-state index contributed by atoms with van der Waals surface area (Å²) in [5.41, 5.74) is -0.416. The molecule has 3 N–H and O–H groups in total. The van der Waals surface area contributed by atoms with Crippen LogP contribution in [0.15, 0.2) is 17.1 Å². The number of guanidine groups is 1. The van der Waals surface area contributed by atoms with Crippen molar-refractivity contribution in [2.45, 2.75) is 37.5 Å². The molecule has 1 amide bonds. The van der Waals surface area contributed by atoms with Gasteiger partial charge in [-0.1, -0.05) is 0 Å². The van der Waals surface area contributed by atoms with Gasteiger partial charge >= 0.3 is 0 Å². The summed E-state index contributed by atoms with van der Waals surface area (Å²) in [6, 6.07) is 2.02. The Balaban J connectivity index is 0.00000364. The van der Waals surface area contributed by atoms with Gasteiger partial charge in [-0.05, 0) is 44.6 Å². The molecule has 0 aromatic heterocycles. The first kappa shape index (κ1) is 23.9. The molecule has 0 heterocycles. The monoisotopic (exact) mass is 516 g/mol. The van der Waals surface area contributed by atoms with Crippen molar-refractivity contribution in [3.8, 4) is 0 Å². The van der Waals surface area contributed by atoms with Crippen molar-refractivity contribution in [3.05, 3.63) is 29.6 Å².